The first-order valence-corrected chi connectivity index (χ1v) is 5.13. The van der Waals surface area contributed by atoms with Crippen molar-refractivity contribution in [2.24, 2.45) is 5.73 Å². The summed E-state index contributed by atoms with van der Waals surface area (Å²) in [6, 6.07) is 6.89. The van der Waals surface area contributed by atoms with Crippen molar-refractivity contribution in [3.63, 3.8) is 0 Å². The summed E-state index contributed by atoms with van der Waals surface area (Å²) < 4.78 is 5.01. The second kappa shape index (κ2) is 5.46. The van der Waals surface area contributed by atoms with Crippen molar-refractivity contribution in [1.82, 2.24) is 4.90 Å². The molecule has 1 aromatic rings. The number of carbonyl (C=O) groups excluding carboxylic acids is 1. The summed E-state index contributed by atoms with van der Waals surface area (Å²) in [6.45, 7) is 0.278. The third-order valence-electron chi connectivity index (χ3n) is 2.08. The van der Waals surface area contributed by atoms with Crippen LogP contribution in [-0.2, 0) is 0 Å². The SMILES string of the molecule is COc1ccc(C(=O)N(C)CC(N)=S)cc1. The van der Waals surface area contributed by atoms with Crippen LogP contribution in [-0.4, -0.2) is 36.5 Å². The van der Waals surface area contributed by atoms with Gasteiger partial charge in [0.1, 0.15) is 5.75 Å². The number of rotatable bonds is 4. The summed E-state index contributed by atoms with van der Waals surface area (Å²) in [5, 5.41) is 0. The zero-order valence-corrected chi connectivity index (χ0v) is 10.1. The minimum Gasteiger partial charge on any atom is -0.497 e. The van der Waals surface area contributed by atoms with E-state index in [0.29, 0.717) is 16.3 Å². The molecular formula is C11H14N2O2S. The van der Waals surface area contributed by atoms with Crippen molar-refractivity contribution in [1.29, 1.82) is 0 Å². The maximum atomic E-state index is 11.8. The van der Waals surface area contributed by atoms with Gasteiger partial charge < -0.3 is 15.4 Å². The van der Waals surface area contributed by atoms with Gasteiger partial charge in [-0.25, -0.2) is 0 Å². The molecular weight excluding hydrogens is 224 g/mol. The molecule has 0 unspecified atom stereocenters. The normalized spacial score (nSPS) is 9.62. The van der Waals surface area contributed by atoms with Gasteiger partial charge in [-0.15, -0.1) is 0 Å². The van der Waals surface area contributed by atoms with Crippen LogP contribution in [0.1, 0.15) is 10.4 Å². The zero-order chi connectivity index (χ0) is 12.1. The summed E-state index contributed by atoms with van der Waals surface area (Å²) in [7, 11) is 3.24. The lowest BCUT2D eigenvalue weighted by Gasteiger charge is -2.16. The Morgan fingerprint density at radius 3 is 2.44 bits per heavy atom. The molecule has 0 spiro atoms. The third-order valence-corrected chi connectivity index (χ3v) is 2.21. The highest BCUT2D eigenvalue weighted by molar-refractivity contribution is 7.80. The Bertz CT molecular complexity index is 389. The molecule has 0 aliphatic carbocycles. The van der Waals surface area contributed by atoms with E-state index in [4.69, 9.17) is 22.7 Å². The van der Waals surface area contributed by atoms with E-state index >= 15 is 0 Å². The number of nitrogens with zero attached hydrogens (tertiary/aromatic N) is 1. The number of likely N-dealkylation sites (N-methyl/N-ethyl adjacent to an activating group) is 1. The Morgan fingerprint density at radius 2 is 2.00 bits per heavy atom. The first kappa shape index (κ1) is 12.4. The monoisotopic (exact) mass is 238 g/mol. The minimum absolute atomic E-state index is 0.115. The molecule has 4 nitrogen and oxygen atoms in total. The van der Waals surface area contributed by atoms with Crippen LogP contribution in [0.3, 0.4) is 0 Å². The van der Waals surface area contributed by atoms with Gasteiger partial charge in [0.25, 0.3) is 5.91 Å². The molecule has 0 saturated carbocycles. The molecule has 0 aliphatic heterocycles. The van der Waals surface area contributed by atoms with Crippen LogP contribution in [0.5, 0.6) is 5.75 Å². The van der Waals surface area contributed by atoms with Crippen LogP contribution >= 0.6 is 12.2 Å². The molecule has 5 heteroatoms. The van der Waals surface area contributed by atoms with Crippen LogP contribution in [0.25, 0.3) is 0 Å². The van der Waals surface area contributed by atoms with Gasteiger partial charge in [0.15, 0.2) is 0 Å². The van der Waals surface area contributed by atoms with E-state index in [9.17, 15) is 4.79 Å². The van der Waals surface area contributed by atoms with Crippen molar-refractivity contribution in [3.05, 3.63) is 29.8 Å². The number of thiocarbonyl (C=S) groups is 1. The lowest BCUT2D eigenvalue weighted by atomic mass is 10.2. The van der Waals surface area contributed by atoms with Gasteiger partial charge in [0.2, 0.25) is 0 Å². The van der Waals surface area contributed by atoms with Gasteiger partial charge in [-0.3, -0.25) is 4.79 Å². The summed E-state index contributed by atoms with van der Waals surface area (Å²) in [5.74, 6) is 0.601. The van der Waals surface area contributed by atoms with Crippen LogP contribution in [0.2, 0.25) is 0 Å². The van der Waals surface area contributed by atoms with Gasteiger partial charge >= 0.3 is 0 Å². The highest BCUT2D eigenvalue weighted by atomic mass is 32.1. The smallest absolute Gasteiger partial charge is 0.253 e. The summed E-state index contributed by atoms with van der Waals surface area (Å²) in [5.41, 5.74) is 5.96. The average molecular weight is 238 g/mol. The minimum atomic E-state index is -0.115. The lowest BCUT2D eigenvalue weighted by Crippen LogP contribution is -2.34. The van der Waals surface area contributed by atoms with Crippen LogP contribution in [0.15, 0.2) is 24.3 Å². The Hall–Kier alpha value is -1.62. The Balaban J connectivity index is 2.75. The highest BCUT2D eigenvalue weighted by Crippen LogP contribution is 2.12. The van der Waals surface area contributed by atoms with Crippen LogP contribution in [0, 0.1) is 0 Å². The van der Waals surface area contributed by atoms with E-state index in [-0.39, 0.29) is 12.5 Å². The second-order valence-corrected chi connectivity index (χ2v) is 3.88. The van der Waals surface area contributed by atoms with Gasteiger partial charge in [0.05, 0.1) is 18.6 Å². The first-order valence-electron chi connectivity index (χ1n) is 4.72. The van der Waals surface area contributed by atoms with E-state index in [2.05, 4.69) is 0 Å². The van der Waals surface area contributed by atoms with Crippen molar-refractivity contribution in [2.75, 3.05) is 20.7 Å². The van der Waals surface area contributed by atoms with Crippen LogP contribution < -0.4 is 10.5 Å². The zero-order valence-electron chi connectivity index (χ0n) is 9.27. The number of ether oxygens (including phenoxy) is 1. The van der Waals surface area contributed by atoms with E-state index < -0.39 is 0 Å². The second-order valence-electron chi connectivity index (χ2n) is 3.36. The Labute approximate surface area is 100.0 Å². The molecule has 2 N–H and O–H groups in total. The number of nitrogens with two attached hydrogens (primary N) is 1. The van der Waals surface area contributed by atoms with Gasteiger partial charge in [-0.2, -0.15) is 0 Å². The van der Waals surface area contributed by atoms with E-state index in [1.54, 1.807) is 38.4 Å². The first-order chi connectivity index (χ1) is 7.54. The summed E-state index contributed by atoms with van der Waals surface area (Å²) >= 11 is 4.74. The fraction of sp³-hybridized carbons (Fsp3) is 0.273. The predicted molar refractivity (Wildman–Crippen MR) is 66.7 cm³/mol. The molecule has 0 aliphatic rings. The molecule has 16 heavy (non-hydrogen) atoms. The molecule has 1 amide bonds. The number of hydrogen-bond acceptors (Lipinski definition) is 3. The largest absolute Gasteiger partial charge is 0.497 e. The Morgan fingerprint density at radius 1 is 1.44 bits per heavy atom. The average Bonchev–Trinajstić information content (AvgIpc) is 2.27. The van der Waals surface area contributed by atoms with E-state index in [0.717, 1.165) is 0 Å². The molecule has 86 valence electrons. The predicted octanol–water partition coefficient (Wildman–Crippen LogP) is 1.05. The summed E-state index contributed by atoms with van der Waals surface area (Å²) in [4.78, 5) is 13.6. The van der Waals surface area contributed by atoms with Gasteiger partial charge in [-0.1, -0.05) is 12.2 Å². The molecule has 0 radical (unpaired) electrons. The van der Waals surface area contributed by atoms with Crippen molar-refractivity contribution in [3.8, 4) is 5.75 Å². The maximum absolute atomic E-state index is 11.8. The Kier molecular flexibility index (Phi) is 4.25. The van der Waals surface area contributed by atoms with Crippen molar-refractivity contribution < 1.29 is 9.53 Å². The lowest BCUT2D eigenvalue weighted by molar-refractivity contribution is 0.0815. The number of amides is 1. The van der Waals surface area contributed by atoms with Gasteiger partial charge in [0, 0.05) is 12.6 Å². The number of carbonyl (C=O) groups is 1. The molecule has 1 aromatic carbocycles. The standard InChI is InChI=1S/C11H14N2O2S/c1-13(7-10(12)16)11(14)8-3-5-9(15-2)6-4-8/h3-6H,7H2,1-2H3,(H2,12,16). The molecule has 0 bridgehead atoms. The highest BCUT2D eigenvalue weighted by Gasteiger charge is 2.11. The molecule has 0 atom stereocenters. The van der Waals surface area contributed by atoms with Crippen LogP contribution in [0.4, 0.5) is 0 Å². The number of hydrogen-bond donors (Lipinski definition) is 1. The molecule has 1 rings (SSSR count). The third kappa shape index (κ3) is 3.20. The fourth-order valence-electron chi connectivity index (χ4n) is 1.26. The molecule has 0 saturated heterocycles. The van der Waals surface area contributed by atoms with Crippen molar-refractivity contribution in [2.45, 2.75) is 0 Å². The number of benzene rings is 1. The van der Waals surface area contributed by atoms with E-state index in [1.807, 2.05) is 0 Å². The molecule has 0 aromatic heterocycles. The maximum Gasteiger partial charge on any atom is 0.253 e. The molecule has 0 fully saturated rings. The van der Waals surface area contributed by atoms with Gasteiger partial charge in [-0.05, 0) is 24.3 Å². The topological polar surface area (TPSA) is 55.6 Å². The van der Waals surface area contributed by atoms with E-state index in [1.165, 1.54) is 4.90 Å². The summed E-state index contributed by atoms with van der Waals surface area (Å²) in [6.07, 6.45) is 0. The molecule has 0 heterocycles. The number of methoxy groups -OCH3 is 1. The van der Waals surface area contributed by atoms with Crippen molar-refractivity contribution >= 4 is 23.1 Å². The quantitative estimate of drug-likeness (QED) is 0.797. The fourth-order valence-corrected chi connectivity index (χ4v) is 1.45.